The smallest absolute Gasteiger partial charge is 0.401 e. The zero-order valence-electron chi connectivity index (χ0n) is 19.7. The van der Waals surface area contributed by atoms with Crippen LogP contribution in [-0.2, 0) is 0 Å². The van der Waals surface area contributed by atoms with Gasteiger partial charge in [0.1, 0.15) is 11.5 Å². The van der Waals surface area contributed by atoms with Gasteiger partial charge in [-0.05, 0) is 54.0 Å². The van der Waals surface area contributed by atoms with Gasteiger partial charge in [0.25, 0.3) is 0 Å². The number of aromatic hydroxyl groups is 3. The first-order valence-corrected chi connectivity index (χ1v) is 10.7. The van der Waals surface area contributed by atoms with Crippen LogP contribution in [0.5, 0.6) is 17.2 Å². The molecule has 1 aromatic heterocycles. The van der Waals surface area contributed by atoms with Crippen molar-refractivity contribution in [3.63, 3.8) is 0 Å². The quantitative estimate of drug-likeness (QED) is 0.0734. The van der Waals surface area contributed by atoms with Crippen molar-refractivity contribution in [2.24, 2.45) is 0 Å². The minimum Gasteiger partial charge on any atom is -0.508 e. The van der Waals surface area contributed by atoms with Gasteiger partial charge in [-0.3, -0.25) is 0 Å². The molecule has 0 aliphatic heterocycles. The fourth-order valence-electron chi connectivity index (χ4n) is 3.64. The minimum absolute atomic E-state index is 0.0893. The second-order valence-corrected chi connectivity index (χ2v) is 7.96. The van der Waals surface area contributed by atoms with E-state index in [1.165, 1.54) is 37.3 Å². The number of hydrogen-bond acceptors (Lipinski definition) is 8. The molecule has 190 valence electrons. The Bertz CT molecular complexity index is 1560. The molecule has 0 aliphatic carbocycles. The predicted octanol–water partition coefficient (Wildman–Crippen LogP) is 6.91. The molecule has 9 nitrogen and oxygen atoms in total. The maximum atomic E-state index is 10.9. The molecule has 0 saturated carbocycles. The summed E-state index contributed by atoms with van der Waals surface area (Å²) in [5.41, 5.74) is 0.504. The van der Waals surface area contributed by atoms with Gasteiger partial charge < -0.3 is 40.9 Å². The lowest BCUT2D eigenvalue weighted by atomic mass is 9.89. The molecule has 0 radical (unpaired) electrons. The molecular weight excluding hydrogens is 480 g/mol. The van der Waals surface area contributed by atoms with Crippen LogP contribution in [0.25, 0.3) is 39.7 Å². The van der Waals surface area contributed by atoms with Crippen LogP contribution in [0.4, 0.5) is 0 Å². The Morgan fingerprint density at radius 1 is 0.838 bits per heavy atom. The molecule has 1 heterocycles. The van der Waals surface area contributed by atoms with E-state index in [2.05, 4.69) is 19.7 Å². The fraction of sp³-hybridized carbons (Fsp3) is 0.0357. The molecule has 9 heteroatoms. The summed E-state index contributed by atoms with van der Waals surface area (Å²) in [5, 5.41) is 82.0. The highest BCUT2D eigenvalue weighted by Gasteiger charge is 2.27. The summed E-state index contributed by atoms with van der Waals surface area (Å²) in [6, 6.07) is 6.34. The minimum atomic E-state index is -0.966. The highest BCUT2D eigenvalue weighted by atomic mass is 16.4. The van der Waals surface area contributed by atoms with E-state index in [-0.39, 0.29) is 61.8 Å². The third-order valence-corrected chi connectivity index (χ3v) is 5.49. The van der Waals surface area contributed by atoms with Crippen molar-refractivity contribution < 1.29 is 45.3 Å². The van der Waals surface area contributed by atoms with Crippen LogP contribution in [-0.4, -0.2) is 40.9 Å². The van der Waals surface area contributed by atoms with Crippen LogP contribution in [0, 0.1) is 0 Å². The normalized spacial score (nSPS) is 13.1. The molecule has 3 rings (SSSR count). The Morgan fingerprint density at radius 3 is 2.05 bits per heavy atom. The molecule has 0 bridgehead atoms. The van der Waals surface area contributed by atoms with Crippen LogP contribution < -0.4 is 0 Å². The molecule has 0 aliphatic rings. The first-order valence-electron chi connectivity index (χ1n) is 10.7. The molecular formula is C28H25O9+. The van der Waals surface area contributed by atoms with Gasteiger partial charge in [-0.25, -0.2) is 4.42 Å². The summed E-state index contributed by atoms with van der Waals surface area (Å²) in [6.45, 7) is 11.7. The fourth-order valence-corrected chi connectivity index (χ4v) is 3.64. The van der Waals surface area contributed by atoms with Crippen molar-refractivity contribution in [2.75, 3.05) is 0 Å². The highest BCUT2D eigenvalue weighted by molar-refractivity contribution is 5.90. The Kier molecular flexibility index (Phi) is 7.20. The Labute approximate surface area is 211 Å². The van der Waals surface area contributed by atoms with Crippen molar-refractivity contribution in [2.45, 2.75) is 6.92 Å². The van der Waals surface area contributed by atoms with Crippen LogP contribution in [0.3, 0.4) is 0 Å². The van der Waals surface area contributed by atoms with Gasteiger partial charge in [0.2, 0.25) is 5.75 Å². The number of hydrogen-bond donors (Lipinski definition) is 8. The van der Waals surface area contributed by atoms with E-state index in [0.29, 0.717) is 0 Å². The molecule has 37 heavy (non-hydrogen) atoms. The molecule has 0 fully saturated rings. The Hall–Kier alpha value is -5.31. The zero-order chi connectivity index (χ0) is 27.6. The summed E-state index contributed by atoms with van der Waals surface area (Å²) >= 11 is 0. The molecule has 0 unspecified atom stereocenters. The average Bonchev–Trinajstić information content (AvgIpc) is 2.86. The molecule has 0 saturated heterocycles. The van der Waals surface area contributed by atoms with E-state index in [9.17, 15) is 40.9 Å². The van der Waals surface area contributed by atoms with Crippen molar-refractivity contribution in [1.29, 1.82) is 0 Å². The van der Waals surface area contributed by atoms with E-state index in [4.69, 9.17) is 4.42 Å². The van der Waals surface area contributed by atoms with E-state index < -0.39 is 28.8 Å². The first-order chi connectivity index (χ1) is 17.4. The van der Waals surface area contributed by atoms with Gasteiger partial charge in [0.05, 0.1) is 17.0 Å². The summed E-state index contributed by atoms with van der Waals surface area (Å²) in [4.78, 5) is 0. The van der Waals surface area contributed by atoms with Crippen molar-refractivity contribution in [1.82, 2.24) is 0 Å². The van der Waals surface area contributed by atoms with E-state index in [1.54, 1.807) is 0 Å². The monoisotopic (exact) mass is 505 g/mol. The molecule has 2 aromatic carbocycles. The number of allylic oxidation sites excluding steroid dienone is 3. The number of aliphatic hydroxyl groups excluding tert-OH is 5. The summed E-state index contributed by atoms with van der Waals surface area (Å²) in [7, 11) is 0. The van der Waals surface area contributed by atoms with Gasteiger partial charge in [-0.1, -0.05) is 19.7 Å². The van der Waals surface area contributed by atoms with Crippen LogP contribution in [0.15, 0.2) is 89.7 Å². The lowest BCUT2D eigenvalue weighted by molar-refractivity contribution is 0.315. The maximum absolute atomic E-state index is 10.9. The van der Waals surface area contributed by atoms with Gasteiger partial charge in [0, 0.05) is 17.7 Å². The number of fused-ring (bicyclic) bond motifs is 1. The molecule has 3 aromatic rings. The molecule has 0 spiro atoms. The largest absolute Gasteiger partial charge is 0.508 e. The van der Waals surface area contributed by atoms with E-state index in [0.717, 1.165) is 18.2 Å². The van der Waals surface area contributed by atoms with Crippen LogP contribution in [0.1, 0.15) is 23.6 Å². The van der Waals surface area contributed by atoms with Crippen molar-refractivity contribution >= 4 is 28.4 Å². The van der Waals surface area contributed by atoms with Gasteiger partial charge in [-0.15, -0.1) is 0 Å². The second-order valence-electron chi connectivity index (χ2n) is 7.96. The summed E-state index contributed by atoms with van der Waals surface area (Å²) in [6.07, 6.45) is 3.53. The Morgan fingerprint density at radius 2 is 1.46 bits per heavy atom. The van der Waals surface area contributed by atoms with Gasteiger partial charge in [0.15, 0.2) is 28.8 Å². The third kappa shape index (κ3) is 5.06. The van der Waals surface area contributed by atoms with Gasteiger partial charge >= 0.3 is 11.3 Å². The lowest BCUT2D eigenvalue weighted by Crippen LogP contribution is -2.02. The summed E-state index contributed by atoms with van der Waals surface area (Å²) < 4.78 is 5.78. The summed E-state index contributed by atoms with van der Waals surface area (Å²) in [5.74, 6) is -4.65. The number of benzene rings is 2. The molecule has 8 N–H and O–H groups in total. The Balaban J connectivity index is 2.53. The SMILES string of the molecule is C=C/C(O)=C/c1cc(-c2[o+]c3cc(O)c(O)cc3cc2O)cc(/C(O)=C(\O)C(=C)O)c1/C(C)=C(\O)C=C. The standard InChI is InChI=1S/C28H24O9/c1-5-18(30)8-16-7-17(28-23(34)11-15-10-21(32)22(33)12-24(15)37-28)9-19(27(36)26(35)14(4)29)25(16)13(3)20(31)6-2/h5-12H,1-2,4H2,3H3,(H7-,29,30,31,32,33,34,35,36)/p+1/b18-8-,20-13-,27-26+. The maximum Gasteiger partial charge on any atom is 0.401 e. The van der Waals surface area contributed by atoms with Crippen molar-refractivity contribution in [3.05, 3.63) is 102 Å². The highest BCUT2D eigenvalue weighted by Crippen LogP contribution is 2.41. The lowest BCUT2D eigenvalue weighted by Gasteiger charge is -2.16. The first kappa shape index (κ1) is 26.3. The predicted molar refractivity (Wildman–Crippen MR) is 141 cm³/mol. The average molecular weight is 505 g/mol. The zero-order valence-corrected chi connectivity index (χ0v) is 19.7. The molecule has 0 amide bonds. The molecule has 0 atom stereocenters. The second kappa shape index (κ2) is 10.1. The number of rotatable bonds is 7. The topological polar surface area (TPSA) is 173 Å². The van der Waals surface area contributed by atoms with Gasteiger partial charge in [-0.2, -0.15) is 0 Å². The van der Waals surface area contributed by atoms with Crippen molar-refractivity contribution in [3.8, 4) is 28.6 Å². The number of phenols is 2. The third-order valence-electron chi connectivity index (χ3n) is 5.49. The number of aliphatic hydroxyl groups is 5. The van der Waals surface area contributed by atoms with E-state index in [1.807, 2.05) is 0 Å². The van der Waals surface area contributed by atoms with Crippen LogP contribution in [0.2, 0.25) is 0 Å². The van der Waals surface area contributed by atoms with Crippen LogP contribution >= 0.6 is 0 Å². The number of phenolic OH excluding ortho intramolecular Hbond substituents is 2. The van der Waals surface area contributed by atoms with E-state index >= 15 is 0 Å².